The molecular weight excluding hydrogens is 353 g/mol. The van der Waals surface area contributed by atoms with Gasteiger partial charge in [-0.25, -0.2) is 4.39 Å². The molecule has 0 radical (unpaired) electrons. The molecule has 0 spiro atoms. The van der Waals surface area contributed by atoms with Crippen LogP contribution in [0.15, 0.2) is 22.7 Å². The van der Waals surface area contributed by atoms with Crippen LogP contribution in [0.3, 0.4) is 0 Å². The van der Waals surface area contributed by atoms with Crippen molar-refractivity contribution in [2.45, 2.75) is 19.4 Å². The predicted octanol–water partition coefficient (Wildman–Crippen LogP) is 3.83. The molecule has 0 aliphatic carbocycles. The average Bonchev–Trinajstić information content (AvgIpc) is 2.27. The quantitative estimate of drug-likeness (QED) is 0.744. The lowest BCUT2D eigenvalue weighted by Gasteiger charge is -2.34. The number of rotatable bonds is 3. The molecule has 0 N–H and O–H groups in total. The van der Waals surface area contributed by atoms with E-state index in [4.69, 9.17) is 0 Å². The summed E-state index contributed by atoms with van der Waals surface area (Å²) in [5.41, 5.74) is -0.277. The Labute approximate surface area is 117 Å². The van der Waals surface area contributed by atoms with Gasteiger partial charge in [-0.05, 0) is 32.0 Å². The first kappa shape index (κ1) is 14.6. The molecule has 0 unspecified atom stereocenters. The van der Waals surface area contributed by atoms with Crippen LogP contribution in [0.2, 0.25) is 0 Å². The molecule has 0 aliphatic rings. The van der Waals surface area contributed by atoms with Crippen LogP contribution in [0.25, 0.3) is 0 Å². The van der Waals surface area contributed by atoms with Crippen molar-refractivity contribution in [2.24, 2.45) is 0 Å². The molecule has 17 heavy (non-hydrogen) atoms. The lowest BCUT2D eigenvalue weighted by molar-refractivity contribution is 0.0659. The molecule has 0 bridgehead atoms. The number of halogens is 3. The number of hydrogen-bond acceptors (Lipinski definition) is 1. The molecule has 0 fully saturated rings. The Morgan fingerprint density at radius 2 is 2.06 bits per heavy atom. The number of carbonyl (C=O) groups is 1. The SMILES string of the molecule is CN(C(=O)c1ccc(Br)cc1F)C(C)(C)CBr. The highest BCUT2D eigenvalue weighted by atomic mass is 79.9. The maximum Gasteiger partial charge on any atom is 0.257 e. The van der Waals surface area contributed by atoms with Gasteiger partial charge in [-0.2, -0.15) is 0 Å². The average molecular weight is 367 g/mol. The molecule has 0 aliphatic heterocycles. The summed E-state index contributed by atoms with van der Waals surface area (Å²) in [6.07, 6.45) is 0. The van der Waals surface area contributed by atoms with E-state index in [0.717, 1.165) is 0 Å². The predicted molar refractivity (Wildman–Crippen MR) is 74.1 cm³/mol. The summed E-state index contributed by atoms with van der Waals surface area (Å²) in [6, 6.07) is 4.44. The zero-order valence-corrected chi connectivity index (χ0v) is 13.1. The van der Waals surface area contributed by atoms with E-state index in [0.29, 0.717) is 9.80 Å². The first-order valence-corrected chi connectivity index (χ1v) is 7.00. The number of alkyl halides is 1. The second-order valence-electron chi connectivity index (χ2n) is 4.43. The number of amides is 1. The minimum Gasteiger partial charge on any atom is -0.336 e. The van der Waals surface area contributed by atoms with Gasteiger partial charge in [0.2, 0.25) is 0 Å². The van der Waals surface area contributed by atoms with Crippen molar-refractivity contribution in [3.63, 3.8) is 0 Å². The van der Waals surface area contributed by atoms with Crippen LogP contribution in [0.1, 0.15) is 24.2 Å². The third kappa shape index (κ3) is 3.28. The highest BCUT2D eigenvalue weighted by molar-refractivity contribution is 9.10. The van der Waals surface area contributed by atoms with E-state index in [1.54, 1.807) is 13.1 Å². The molecule has 0 saturated carbocycles. The maximum atomic E-state index is 13.7. The van der Waals surface area contributed by atoms with Gasteiger partial charge in [-0.1, -0.05) is 31.9 Å². The number of hydrogen-bond donors (Lipinski definition) is 0. The molecule has 1 rings (SSSR count). The van der Waals surface area contributed by atoms with Crippen molar-refractivity contribution >= 4 is 37.8 Å². The summed E-state index contributed by atoms with van der Waals surface area (Å²) in [7, 11) is 1.67. The molecule has 1 amide bonds. The van der Waals surface area contributed by atoms with Gasteiger partial charge in [0.25, 0.3) is 5.91 Å². The molecule has 5 heteroatoms. The largest absolute Gasteiger partial charge is 0.336 e. The van der Waals surface area contributed by atoms with Crippen molar-refractivity contribution in [3.8, 4) is 0 Å². The highest BCUT2D eigenvalue weighted by Gasteiger charge is 2.28. The Balaban J connectivity index is 3.05. The van der Waals surface area contributed by atoms with Crippen LogP contribution in [-0.2, 0) is 0 Å². The third-order valence-electron chi connectivity index (χ3n) is 2.70. The number of nitrogens with zero attached hydrogens (tertiary/aromatic N) is 1. The number of carbonyl (C=O) groups excluding carboxylic acids is 1. The van der Waals surface area contributed by atoms with Crippen molar-refractivity contribution in [2.75, 3.05) is 12.4 Å². The van der Waals surface area contributed by atoms with E-state index in [9.17, 15) is 9.18 Å². The van der Waals surface area contributed by atoms with Gasteiger partial charge >= 0.3 is 0 Å². The van der Waals surface area contributed by atoms with E-state index in [1.807, 2.05) is 13.8 Å². The highest BCUT2D eigenvalue weighted by Crippen LogP contribution is 2.21. The summed E-state index contributed by atoms with van der Waals surface area (Å²) in [6.45, 7) is 3.83. The van der Waals surface area contributed by atoms with Gasteiger partial charge in [-0.15, -0.1) is 0 Å². The Morgan fingerprint density at radius 1 is 1.47 bits per heavy atom. The van der Waals surface area contributed by atoms with Crippen LogP contribution in [0, 0.1) is 5.82 Å². The monoisotopic (exact) mass is 365 g/mol. The van der Waals surface area contributed by atoms with Crippen molar-refractivity contribution in [1.29, 1.82) is 0 Å². The lowest BCUT2D eigenvalue weighted by atomic mass is 10.0. The molecule has 1 aromatic rings. The summed E-state index contributed by atoms with van der Waals surface area (Å²) < 4.78 is 14.3. The van der Waals surface area contributed by atoms with Crippen LogP contribution < -0.4 is 0 Å². The zero-order chi connectivity index (χ0) is 13.2. The minimum absolute atomic E-state index is 0.0877. The minimum atomic E-state index is -0.512. The zero-order valence-electron chi connectivity index (χ0n) is 9.93. The van der Waals surface area contributed by atoms with Crippen molar-refractivity contribution in [1.82, 2.24) is 4.90 Å². The van der Waals surface area contributed by atoms with Crippen molar-refractivity contribution in [3.05, 3.63) is 34.1 Å². The standard InChI is InChI=1S/C12H14Br2FNO/c1-12(2,7-13)16(3)11(17)9-5-4-8(14)6-10(9)15/h4-6H,7H2,1-3H3. The van der Waals surface area contributed by atoms with Gasteiger partial charge in [0, 0.05) is 22.4 Å². The van der Waals surface area contributed by atoms with Crippen LogP contribution in [-0.4, -0.2) is 28.7 Å². The molecule has 2 nitrogen and oxygen atoms in total. The van der Waals surface area contributed by atoms with Crippen LogP contribution >= 0.6 is 31.9 Å². The fraction of sp³-hybridized carbons (Fsp3) is 0.417. The van der Waals surface area contributed by atoms with Crippen LogP contribution in [0.4, 0.5) is 4.39 Å². The van der Waals surface area contributed by atoms with E-state index in [-0.39, 0.29) is 17.0 Å². The van der Waals surface area contributed by atoms with Gasteiger partial charge in [-0.3, -0.25) is 4.79 Å². The maximum absolute atomic E-state index is 13.7. The van der Waals surface area contributed by atoms with E-state index >= 15 is 0 Å². The Morgan fingerprint density at radius 3 is 2.53 bits per heavy atom. The van der Waals surface area contributed by atoms with Gasteiger partial charge < -0.3 is 4.90 Å². The summed E-state index contributed by atoms with van der Waals surface area (Å²) in [5.74, 6) is -0.832. The molecule has 0 saturated heterocycles. The Hall–Kier alpha value is -0.420. The summed E-state index contributed by atoms with van der Waals surface area (Å²) in [5, 5.41) is 0.625. The molecule has 0 atom stereocenters. The topological polar surface area (TPSA) is 20.3 Å². The van der Waals surface area contributed by atoms with Gasteiger partial charge in [0.15, 0.2) is 0 Å². The van der Waals surface area contributed by atoms with E-state index in [1.165, 1.54) is 17.0 Å². The van der Waals surface area contributed by atoms with Crippen LogP contribution in [0.5, 0.6) is 0 Å². The van der Waals surface area contributed by atoms with E-state index in [2.05, 4.69) is 31.9 Å². The Kier molecular flexibility index (Phi) is 4.72. The smallest absolute Gasteiger partial charge is 0.257 e. The van der Waals surface area contributed by atoms with Crippen molar-refractivity contribution < 1.29 is 9.18 Å². The number of benzene rings is 1. The first-order chi connectivity index (χ1) is 7.79. The molecule has 0 aromatic heterocycles. The second-order valence-corrected chi connectivity index (χ2v) is 5.91. The Bertz CT molecular complexity index is 435. The fourth-order valence-corrected chi connectivity index (χ4v) is 1.92. The summed E-state index contributed by atoms with van der Waals surface area (Å²) >= 11 is 6.51. The molecule has 0 heterocycles. The normalized spacial score (nSPS) is 11.4. The lowest BCUT2D eigenvalue weighted by Crippen LogP contribution is -2.46. The summed E-state index contributed by atoms with van der Waals surface area (Å²) in [4.78, 5) is 13.7. The molecular formula is C12H14Br2FNO. The molecule has 1 aromatic carbocycles. The van der Waals surface area contributed by atoms with Gasteiger partial charge in [0.1, 0.15) is 5.82 Å². The van der Waals surface area contributed by atoms with E-state index < -0.39 is 5.82 Å². The fourth-order valence-electron chi connectivity index (χ4n) is 1.21. The first-order valence-electron chi connectivity index (χ1n) is 5.09. The van der Waals surface area contributed by atoms with Gasteiger partial charge in [0.05, 0.1) is 5.56 Å². The molecule has 94 valence electrons. The second kappa shape index (κ2) is 5.48. The third-order valence-corrected chi connectivity index (χ3v) is 4.57.